The van der Waals surface area contributed by atoms with E-state index in [1.807, 2.05) is 0 Å². The lowest BCUT2D eigenvalue weighted by atomic mass is 10.1. The topological polar surface area (TPSA) is 166 Å². The van der Waals surface area contributed by atoms with Crippen molar-refractivity contribution in [1.29, 1.82) is 0 Å². The standard InChI is InChI=1S/C22H30N4O6S/c23-7-10-32-20-6-5-16-12-15(20)4-2-1-3-9-31-11-8-25-18-14-19(27)17(22(24)28)13-21(18)33(29,30)26-16/h5-6,12-14,25-27H,1-4,7-11,23H2,(H2,24,28). The number of hydrogen-bond donors (Lipinski definition) is 5. The number of amides is 1. The number of primary amides is 1. The number of benzene rings is 2. The number of carbonyl (C=O) groups excluding carboxylic acids is 1. The summed E-state index contributed by atoms with van der Waals surface area (Å²) in [5, 5.41) is 13.1. The summed E-state index contributed by atoms with van der Waals surface area (Å²) in [5.74, 6) is -0.698. The van der Waals surface area contributed by atoms with E-state index in [1.165, 1.54) is 6.07 Å². The Morgan fingerprint density at radius 1 is 1.15 bits per heavy atom. The molecule has 0 atom stereocenters. The second-order valence-electron chi connectivity index (χ2n) is 7.64. The van der Waals surface area contributed by atoms with Crippen LogP contribution in [0.2, 0.25) is 0 Å². The molecule has 10 nitrogen and oxygen atoms in total. The maximum absolute atomic E-state index is 13.3. The smallest absolute Gasteiger partial charge is 0.263 e. The number of anilines is 2. The van der Waals surface area contributed by atoms with Gasteiger partial charge in [-0.25, -0.2) is 8.42 Å². The van der Waals surface area contributed by atoms with E-state index in [1.54, 1.807) is 18.2 Å². The third kappa shape index (κ3) is 6.50. The van der Waals surface area contributed by atoms with Crippen molar-refractivity contribution in [3.63, 3.8) is 0 Å². The minimum atomic E-state index is -4.14. The molecule has 1 aliphatic rings. The molecule has 2 aromatic rings. The Hall–Kier alpha value is -3.02. The molecule has 11 heteroatoms. The second kappa shape index (κ2) is 11.2. The maximum Gasteiger partial charge on any atom is 0.263 e. The van der Waals surface area contributed by atoms with E-state index in [0.717, 1.165) is 30.9 Å². The van der Waals surface area contributed by atoms with Crippen LogP contribution < -0.4 is 26.2 Å². The molecule has 2 bridgehead atoms. The molecule has 0 spiro atoms. The lowest BCUT2D eigenvalue weighted by Crippen LogP contribution is -2.20. The second-order valence-corrected chi connectivity index (χ2v) is 9.30. The monoisotopic (exact) mass is 478 g/mol. The van der Waals surface area contributed by atoms with Gasteiger partial charge in [0.05, 0.1) is 17.9 Å². The van der Waals surface area contributed by atoms with Crippen LogP contribution in [-0.4, -0.2) is 52.3 Å². The van der Waals surface area contributed by atoms with Crippen molar-refractivity contribution in [2.75, 3.05) is 42.9 Å². The highest BCUT2D eigenvalue weighted by molar-refractivity contribution is 7.92. The molecule has 0 aliphatic carbocycles. The first kappa shape index (κ1) is 24.6. The van der Waals surface area contributed by atoms with Gasteiger partial charge in [0.1, 0.15) is 23.0 Å². The van der Waals surface area contributed by atoms with Gasteiger partial charge < -0.3 is 31.4 Å². The lowest BCUT2D eigenvalue weighted by molar-refractivity contribution is 0.0997. The minimum Gasteiger partial charge on any atom is -0.507 e. The minimum absolute atomic E-state index is 0.129. The third-order valence-electron chi connectivity index (χ3n) is 5.14. The molecular formula is C22H30N4O6S. The lowest BCUT2D eigenvalue weighted by Gasteiger charge is -2.18. The first-order valence-corrected chi connectivity index (χ1v) is 12.3. The van der Waals surface area contributed by atoms with E-state index in [0.29, 0.717) is 50.8 Å². The third-order valence-corrected chi connectivity index (χ3v) is 6.56. The SMILES string of the molecule is NCCOc1ccc2cc1CCCCCOCCNc1cc(O)c(C(N)=O)cc1S(=O)(=O)N2. The molecule has 0 radical (unpaired) electrons. The number of rotatable bonds is 4. The summed E-state index contributed by atoms with van der Waals surface area (Å²) in [7, 11) is -4.14. The molecule has 0 aromatic heterocycles. The van der Waals surface area contributed by atoms with Crippen LogP contribution in [0.15, 0.2) is 35.2 Å². The fourth-order valence-electron chi connectivity index (χ4n) is 3.54. The van der Waals surface area contributed by atoms with Gasteiger partial charge >= 0.3 is 0 Å². The van der Waals surface area contributed by atoms with Crippen LogP contribution in [0.3, 0.4) is 0 Å². The molecular weight excluding hydrogens is 448 g/mol. The summed E-state index contributed by atoms with van der Waals surface area (Å²) in [4.78, 5) is 11.5. The van der Waals surface area contributed by atoms with Crippen LogP contribution in [0.25, 0.3) is 0 Å². The van der Waals surface area contributed by atoms with Crippen molar-refractivity contribution in [2.45, 2.75) is 30.6 Å². The first-order chi connectivity index (χ1) is 15.8. The number of aryl methyl sites for hydroxylation is 1. The number of phenols is 1. The quantitative estimate of drug-likeness (QED) is 0.443. The van der Waals surface area contributed by atoms with E-state index in [4.69, 9.17) is 20.9 Å². The molecule has 1 heterocycles. The summed E-state index contributed by atoms with van der Waals surface area (Å²) < 4.78 is 40.4. The van der Waals surface area contributed by atoms with Crippen LogP contribution in [0.4, 0.5) is 11.4 Å². The Morgan fingerprint density at radius 2 is 1.97 bits per heavy atom. The summed E-state index contributed by atoms with van der Waals surface area (Å²) in [6.45, 7) is 1.96. The molecule has 0 fully saturated rings. The molecule has 1 amide bonds. The fraction of sp³-hybridized carbons (Fsp3) is 0.409. The van der Waals surface area contributed by atoms with Crippen molar-refractivity contribution in [1.82, 2.24) is 0 Å². The van der Waals surface area contributed by atoms with Gasteiger partial charge in [0.2, 0.25) is 0 Å². The van der Waals surface area contributed by atoms with Crippen LogP contribution in [0.1, 0.15) is 35.2 Å². The van der Waals surface area contributed by atoms with E-state index in [9.17, 15) is 18.3 Å². The van der Waals surface area contributed by atoms with Crippen molar-refractivity contribution in [3.8, 4) is 11.5 Å². The normalized spacial score (nSPS) is 16.6. The molecule has 0 unspecified atom stereocenters. The number of hydrogen-bond acceptors (Lipinski definition) is 8. The predicted octanol–water partition coefficient (Wildman–Crippen LogP) is 1.78. The van der Waals surface area contributed by atoms with Gasteiger partial charge in [-0.15, -0.1) is 0 Å². The van der Waals surface area contributed by atoms with Crippen LogP contribution in [0, 0.1) is 0 Å². The van der Waals surface area contributed by atoms with Gasteiger partial charge in [-0.05, 0) is 49.1 Å². The largest absolute Gasteiger partial charge is 0.507 e. The maximum atomic E-state index is 13.3. The molecule has 2 aromatic carbocycles. The van der Waals surface area contributed by atoms with Gasteiger partial charge in [0, 0.05) is 31.5 Å². The van der Waals surface area contributed by atoms with Crippen molar-refractivity contribution < 1.29 is 27.8 Å². The number of sulfonamides is 1. The Labute approximate surface area is 193 Å². The number of carbonyl (C=O) groups is 1. The summed E-state index contributed by atoms with van der Waals surface area (Å²) in [6, 6.07) is 7.28. The van der Waals surface area contributed by atoms with E-state index in [2.05, 4.69) is 10.0 Å². The van der Waals surface area contributed by atoms with E-state index >= 15 is 0 Å². The van der Waals surface area contributed by atoms with E-state index < -0.39 is 21.7 Å². The molecule has 0 saturated heterocycles. The van der Waals surface area contributed by atoms with Gasteiger partial charge in [0.25, 0.3) is 15.9 Å². The number of nitrogens with one attached hydrogen (secondary N) is 2. The van der Waals surface area contributed by atoms with Crippen molar-refractivity contribution in [3.05, 3.63) is 41.5 Å². The van der Waals surface area contributed by atoms with Gasteiger partial charge in [-0.2, -0.15) is 0 Å². The average Bonchev–Trinajstić information content (AvgIpc) is 2.76. The zero-order valence-electron chi connectivity index (χ0n) is 18.3. The van der Waals surface area contributed by atoms with Crippen LogP contribution in [-0.2, 0) is 21.2 Å². The Kier molecular flexibility index (Phi) is 8.37. The summed E-state index contributed by atoms with van der Waals surface area (Å²) in [6.07, 6.45) is 3.44. The molecule has 0 saturated carbocycles. The highest BCUT2D eigenvalue weighted by Crippen LogP contribution is 2.32. The zero-order valence-corrected chi connectivity index (χ0v) is 19.1. The molecule has 7 N–H and O–H groups in total. The average molecular weight is 479 g/mol. The first-order valence-electron chi connectivity index (χ1n) is 10.8. The fourth-order valence-corrected chi connectivity index (χ4v) is 4.78. The summed E-state index contributed by atoms with van der Waals surface area (Å²) >= 11 is 0. The number of nitrogens with two attached hydrogens (primary N) is 2. The van der Waals surface area contributed by atoms with Crippen LogP contribution in [0.5, 0.6) is 11.5 Å². The van der Waals surface area contributed by atoms with Crippen molar-refractivity contribution in [2.24, 2.45) is 11.5 Å². The van der Waals surface area contributed by atoms with Crippen LogP contribution >= 0.6 is 0 Å². The number of fused-ring (bicyclic) bond motifs is 3. The Balaban J connectivity index is 2.03. The van der Waals surface area contributed by atoms with E-state index in [-0.39, 0.29) is 16.1 Å². The van der Waals surface area contributed by atoms with Crippen molar-refractivity contribution >= 4 is 27.3 Å². The highest BCUT2D eigenvalue weighted by atomic mass is 32.2. The molecule has 3 rings (SSSR count). The summed E-state index contributed by atoms with van der Waals surface area (Å²) in [5.41, 5.74) is 11.9. The molecule has 1 aliphatic heterocycles. The molecule has 33 heavy (non-hydrogen) atoms. The molecule has 180 valence electrons. The highest BCUT2D eigenvalue weighted by Gasteiger charge is 2.24. The number of aromatic hydroxyl groups is 1. The predicted molar refractivity (Wildman–Crippen MR) is 125 cm³/mol. The number of ether oxygens (including phenoxy) is 2. The van der Waals surface area contributed by atoms with Gasteiger partial charge in [-0.3, -0.25) is 9.52 Å². The Bertz CT molecular complexity index is 1090. The zero-order chi connectivity index (χ0) is 23.8. The van der Waals surface area contributed by atoms with Gasteiger partial charge in [0.15, 0.2) is 0 Å². The van der Waals surface area contributed by atoms with Gasteiger partial charge in [-0.1, -0.05) is 6.42 Å². The Morgan fingerprint density at radius 3 is 2.73 bits per heavy atom.